The van der Waals surface area contributed by atoms with Gasteiger partial charge in [0.1, 0.15) is 0 Å². The van der Waals surface area contributed by atoms with Gasteiger partial charge in [0.2, 0.25) is 0 Å². The fraction of sp³-hybridized carbons (Fsp3) is 0.462. The number of carbonyl (C=O) groups excluding carboxylic acids is 1. The van der Waals surface area contributed by atoms with Crippen LogP contribution in [0, 0.1) is 0 Å². The van der Waals surface area contributed by atoms with Crippen molar-refractivity contribution in [1.82, 2.24) is 10.6 Å². The molecule has 1 saturated heterocycles. The Kier molecular flexibility index (Phi) is 3.98. The van der Waals surface area contributed by atoms with E-state index in [1.165, 1.54) is 5.69 Å². The second-order valence-corrected chi connectivity index (χ2v) is 4.22. The van der Waals surface area contributed by atoms with Crippen molar-refractivity contribution in [1.29, 1.82) is 0 Å². The molecule has 1 aliphatic heterocycles. The van der Waals surface area contributed by atoms with Crippen molar-refractivity contribution in [2.75, 3.05) is 38.1 Å². The summed E-state index contributed by atoms with van der Waals surface area (Å²) in [6.07, 6.45) is 1.16. The van der Waals surface area contributed by atoms with Crippen LogP contribution in [-0.2, 0) is 0 Å². The minimum absolute atomic E-state index is 0.0333. The second kappa shape index (κ2) is 5.68. The predicted octanol–water partition coefficient (Wildman–Crippen LogP) is 0.846. The van der Waals surface area contributed by atoms with Gasteiger partial charge < -0.3 is 15.5 Å². The molecule has 0 aliphatic carbocycles. The highest BCUT2D eigenvalue weighted by molar-refractivity contribution is 5.94. The highest BCUT2D eigenvalue weighted by atomic mass is 16.1. The van der Waals surface area contributed by atoms with Gasteiger partial charge >= 0.3 is 0 Å². The normalized spacial score (nSPS) is 16.4. The molecule has 2 rings (SSSR count). The van der Waals surface area contributed by atoms with Gasteiger partial charge in [-0.3, -0.25) is 4.79 Å². The van der Waals surface area contributed by atoms with E-state index in [0.29, 0.717) is 5.56 Å². The number of rotatable bonds is 2. The van der Waals surface area contributed by atoms with Crippen LogP contribution in [0.25, 0.3) is 0 Å². The zero-order valence-electron chi connectivity index (χ0n) is 10.2. The molecule has 0 unspecified atom stereocenters. The number of hydrogen-bond acceptors (Lipinski definition) is 3. The van der Waals surface area contributed by atoms with E-state index in [1.54, 1.807) is 7.05 Å². The summed E-state index contributed by atoms with van der Waals surface area (Å²) in [5, 5.41) is 6.01. The van der Waals surface area contributed by atoms with Crippen molar-refractivity contribution in [3.05, 3.63) is 29.8 Å². The molecular weight excluding hydrogens is 214 g/mol. The van der Waals surface area contributed by atoms with E-state index >= 15 is 0 Å². The minimum Gasteiger partial charge on any atom is -0.370 e. The molecule has 4 heteroatoms. The van der Waals surface area contributed by atoms with E-state index in [-0.39, 0.29) is 5.91 Å². The quantitative estimate of drug-likeness (QED) is 0.796. The number of nitrogens with one attached hydrogen (secondary N) is 2. The van der Waals surface area contributed by atoms with Crippen LogP contribution in [0.3, 0.4) is 0 Å². The van der Waals surface area contributed by atoms with Crippen molar-refractivity contribution in [2.24, 2.45) is 0 Å². The predicted molar refractivity (Wildman–Crippen MR) is 69.5 cm³/mol. The number of nitrogens with zero attached hydrogens (tertiary/aromatic N) is 1. The average molecular weight is 233 g/mol. The highest BCUT2D eigenvalue weighted by Crippen LogP contribution is 2.16. The first-order valence-electron chi connectivity index (χ1n) is 6.09. The molecule has 2 N–H and O–H groups in total. The van der Waals surface area contributed by atoms with Crippen LogP contribution in [0.2, 0.25) is 0 Å². The topological polar surface area (TPSA) is 44.4 Å². The lowest BCUT2D eigenvalue weighted by Gasteiger charge is -2.22. The summed E-state index contributed by atoms with van der Waals surface area (Å²) in [5.41, 5.74) is 1.91. The van der Waals surface area contributed by atoms with Gasteiger partial charge in [-0.1, -0.05) is 0 Å². The molecule has 0 bridgehead atoms. The van der Waals surface area contributed by atoms with Gasteiger partial charge in [0.15, 0.2) is 0 Å². The van der Waals surface area contributed by atoms with Gasteiger partial charge in [0, 0.05) is 37.9 Å². The van der Waals surface area contributed by atoms with Gasteiger partial charge in [-0.05, 0) is 37.2 Å². The number of benzene rings is 1. The summed E-state index contributed by atoms with van der Waals surface area (Å²) in [7, 11) is 1.65. The summed E-state index contributed by atoms with van der Waals surface area (Å²) >= 11 is 0. The monoisotopic (exact) mass is 233 g/mol. The third-order valence-electron chi connectivity index (χ3n) is 3.06. The van der Waals surface area contributed by atoms with Gasteiger partial charge in [-0.15, -0.1) is 0 Å². The lowest BCUT2D eigenvalue weighted by atomic mass is 10.2. The lowest BCUT2D eigenvalue weighted by molar-refractivity contribution is 0.0963. The van der Waals surface area contributed by atoms with E-state index in [1.807, 2.05) is 24.3 Å². The Bertz CT molecular complexity index is 367. The lowest BCUT2D eigenvalue weighted by Crippen LogP contribution is -2.27. The largest absolute Gasteiger partial charge is 0.370 e. The van der Waals surface area contributed by atoms with Crippen molar-refractivity contribution in [3.8, 4) is 0 Å². The first-order chi connectivity index (χ1) is 8.31. The number of carbonyl (C=O) groups is 1. The zero-order valence-corrected chi connectivity index (χ0v) is 10.2. The number of amides is 1. The van der Waals surface area contributed by atoms with Crippen LogP contribution in [0.5, 0.6) is 0 Å². The molecule has 17 heavy (non-hydrogen) atoms. The summed E-state index contributed by atoms with van der Waals surface area (Å²) < 4.78 is 0. The molecule has 1 aliphatic rings. The van der Waals surface area contributed by atoms with Crippen LogP contribution in [0.4, 0.5) is 5.69 Å². The molecule has 92 valence electrons. The maximum absolute atomic E-state index is 11.4. The molecule has 0 aromatic heterocycles. The van der Waals surface area contributed by atoms with E-state index in [4.69, 9.17) is 0 Å². The Morgan fingerprint density at radius 1 is 1.24 bits per heavy atom. The van der Waals surface area contributed by atoms with E-state index in [2.05, 4.69) is 15.5 Å². The molecule has 0 radical (unpaired) electrons. The Morgan fingerprint density at radius 3 is 2.71 bits per heavy atom. The van der Waals surface area contributed by atoms with E-state index < -0.39 is 0 Å². The Hall–Kier alpha value is -1.55. The van der Waals surface area contributed by atoms with Gasteiger partial charge in [-0.2, -0.15) is 0 Å². The molecular formula is C13H19N3O. The van der Waals surface area contributed by atoms with Crippen LogP contribution in [-0.4, -0.2) is 39.1 Å². The number of hydrogen-bond donors (Lipinski definition) is 2. The molecule has 4 nitrogen and oxygen atoms in total. The smallest absolute Gasteiger partial charge is 0.251 e. The van der Waals surface area contributed by atoms with Crippen molar-refractivity contribution >= 4 is 11.6 Å². The maximum Gasteiger partial charge on any atom is 0.251 e. The van der Waals surface area contributed by atoms with Crippen LogP contribution in [0.1, 0.15) is 16.8 Å². The highest BCUT2D eigenvalue weighted by Gasteiger charge is 2.10. The maximum atomic E-state index is 11.4. The molecule has 1 aromatic rings. The van der Waals surface area contributed by atoms with Crippen molar-refractivity contribution in [2.45, 2.75) is 6.42 Å². The standard InChI is InChI=1S/C13H19N3O/c1-14-13(17)11-3-5-12(6-4-11)16-9-2-7-15-8-10-16/h3-6,15H,2,7-10H2,1H3,(H,14,17). The first kappa shape index (κ1) is 11.9. The summed E-state index contributed by atoms with van der Waals surface area (Å²) in [6, 6.07) is 7.81. The Morgan fingerprint density at radius 2 is 2.00 bits per heavy atom. The minimum atomic E-state index is -0.0333. The van der Waals surface area contributed by atoms with Crippen molar-refractivity contribution in [3.63, 3.8) is 0 Å². The SMILES string of the molecule is CNC(=O)c1ccc(N2CCCNCC2)cc1. The van der Waals surface area contributed by atoms with Gasteiger partial charge in [0.25, 0.3) is 5.91 Å². The Balaban J connectivity index is 2.08. The molecule has 0 spiro atoms. The second-order valence-electron chi connectivity index (χ2n) is 4.22. The summed E-state index contributed by atoms with van der Waals surface area (Å²) in [6.45, 7) is 4.22. The van der Waals surface area contributed by atoms with Crippen LogP contribution in [0.15, 0.2) is 24.3 Å². The number of anilines is 1. The average Bonchev–Trinajstić information content (AvgIpc) is 2.67. The molecule has 1 fully saturated rings. The van der Waals surface area contributed by atoms with E-state index in [0.717, 1.165) is 32.6 Å². The third-order valence-corrected chi connectivity index (χ3v) is 3.06. The summed E-state index contributed by atoms with van der Waals surface area (Å²) in [4.78, 5) is 13.8. The summed E-state index contributed by atoms with van der Waals surface area (Å²) in [5.74, 6) is -0.0333. The molecule has 0 saturated carbocycles. The van der Waals surface area contributed by atoms with Crippen LogP contribution < -0.4 is 15.5 Å². The molecule has 1 amide bonds. The molecule has 1 aromatic carbocycles. The third kappa shape index (κ3) is 2.97. The first-order valence-corrected chi connectivity index (χ1v) is 6.09. The van der Waals surface area contributed by atoms with Crippen molar-refractivity contribution < 1.29 is 4.79 Å². The fourth-order valence-corrected chi connectivity index (χ4v) is 2.07. The van der Waals surface area contributed by atoms with Gasteiger partial charge in [-0.25, -0.2) is 0 Å². The zero-order chi connectivity index (χ0) is 12.1. The van der Waals surface area contributed by atoms with E-state index in [9.17, 15) is 4.79 Å². The molecule has 1 heterocycles. The van der Waals surface area contributed by atoms with Crippen LogP contribution >= 0.6 is 0 Å². The van der Waals surface area contributed by atoms with Gasteiger partial charge in [0.05, 0.1) is 0 Å². The fourth-order valence-electron chi connectivity index (χ4n) is 2.07. The Labute approximate surface area is 102 Å². The molecule has 0 atom stereocenters.